The molecule has 0 bridgehead atoms. The molecule has 1 heteroatoms. The topological polar surface area (TPSA) is 0 Å². The van der Waals surface area contributed by atoms with Crippen molar-refractivity contribution in [1.29, 1.82) is 0 Å². The Morgan fingerprint density at radius 2 is 1.22 bits per heavy atom. The summed E-state index contributed by atoms with van der Waals surface area (Å²) in [6.07, 6.45) is 0. The molecule has 0 fully saturated rings. The first-order valence-corrected chi connectivity index (χ1v) is 4.99. The molecule has 0 saturated carbocycles. The first-order chi connectivity index (χ1) is 5.71. The van der Waals surface area contributed by atoms with Crippen molar-refractivity contribution in [3.63, 3.8) is 0 Å². The third kappa shape index (κ3) is 8.24. The van der Waals surface area contributed by atoms with Crippen LogP contribution in [0, 0.1) is 29.7 Å². The molecule has 0 heterocycles. The van der Waals surface area contributed by atoms with E-state index >= 15 is 0 Å². The molecule has 1 rings (SSSR count). The van der Waals surface area contributed by atoms with Crippen LogP contribution in [-0.4, -0.2) is 0 Å². The quantitative estimate of drug-likeness (QED) is 0.417. The first kappa shape index (κ1) is 30.8. The van der Waals surface area contributed by atoms with E-state index in [-0.39, 0.29) is 62.9 Å². The van der Waals surface area contributed by atoms with E-state index in [0.29, 0.717) is 0 Å². The molecule has 0 aliphatic heterocycles. The summed E-state index contributed by atoms with van der Waals surface area (Å²) in [6, 6.07) is 6.83. The van der Waals surface area contributed by atoms with Crippen molar-refractivity contribution in [2.45, 2.75) is 52.4 Å². The van der Waals surface area contributed by atoms with Gasteiger partial charge in [-0.05, 0) is 0 Å². The molecule has 0 aliphatic rings. The maximum atomic E-state index is 2.33. The minimum atomic E-state index is 0. The van der Waals surface area contributed by atoms with Gasteiger partial charge in [-0.1, -0.05) is 52.4 Å². The van der Waals surface area contributed by atoms with Crippen LogP contribution in [0.15, 0.2) is 18.2 Å². The van der Waals surface area contributed by atoms with Crippen LogP contribution >= 0.6 is 0 Å². The molecule has 0 amide bonds. The van der Waals surface area contributed by atoms with Crippen LogP contribution in [0.1, 0.15) is 52.7 Å². The Hall–Kier alpha value is 0.0903. The summed E-state index contributed by atoms with van der Waals surface area (Å²) in [7, 11) is 0. The molecular formula is C17H33Nb. The van der Waals surface area contributed by atoms with E-state index in [2.05, 4.69) is 59.7 Å². The van der Waals surface area contributed by atoms with Crippen LogP contribution < -0.4 is 0 Å². The fourth-order valence-electron chi connectivity index (χ4n) is 1.38. The van der Waals surface area contributed by atoms with E-state index < -0.39 is 0 Å². The standard InChI is InChI=1S/C13H21.4CH3.Nb/c1-12(2,3)10-7-8-11(9-10)13(4,5)6;;;;;/h7-9H,1-6H3;4*1H3;/q5*-1;+5. The molecule has 1 aromatic carbocycles. The van der Waals surface area contributed by atoms with Crippen molar-refractivity contribution in [1.82, 2.24) is 0 Å². The molecule has 0 radical (unpaired) electrons. The number of hydrogen-bond acceptors (Lipinski definition) is 0. The Labute approximate surface area is 133 Å². The van der Waals surface area contributed by atoms with Gasteiger partial charge in [0.25, 0.3) is 0 Å². The molecular weight excluding hydrogens is 297 g/mol. The van der Waals surface area contributed by atoms with E-state index in [4.69, 9.17) is 0 Å². The fraction of sp³-hybridized carbons (Fsp3) is 0.471. The summed E-state index contributed by atoms with van der Waals surface area (Å²) in [5.74, 6) is 0. The van der Waals surface area contributed by atoms with E-state index in [1.54, 1.807) is 0 Å². The number of rotatable bonds is 0. The summed E-state index contributed by atoms with van der Waals surface area (Å²) >= 11 is 0. The Bertz CT molecular complexity index is 253. The predicted molar refractivity (Wildman–Crippen MR) is 85.1 cm³/mol. The summed E-state index contributed by atoms with van der Waals surface area (Å²) in [4.78, 5) is 0. The molecule has 0 aliphatic carbocycles. The van der Waals surface area contributed by atoms with E-state index in [1.807, 2.05) is 0 Å². The van der Waals surface area contributed by atoms with Gasteiger partial charge in [0.05, 0.1) is 0 Å². The Morgan fingerprint density at radius 3 is 1.39 bits per heavy atom. The van der Waals surface area contributed by atoms with E-state index in [9.17, 15) is 0 Å². The van der Waals surface area contributed by atoms with Gasteiger partial charge < -0.3 is 29.7 Å². The average molecular weight is 330 g/mol. The molecule has 0 saturated heterocycles. The van der Waals surface area contributed by atoms with Crippen molar-refractivity contribution in [3.05, 3.63) is 59.0 Å². The zero-order valence-corrected chi connectivity index (χ0v) is 16.4. The molecule has 0 atom stereocenters. The van der Waals surface area contributed by atoms with Gasteiger partial charge in [-0.2, -0.15) is 23.3 Å². The van der Waals surface area contributed by atoms with Gasteiger partial charge in [0.15, 0.2) is 0 Å². The monoisotopic (exact) mass is 330 g/mol. The maximum absolute atomic E-state index is 2.33. The molecule has 18 heavy (non-hydrogen) atoms. The fourth-order valence-corrected chi connectivity index (χ4v) is 1.38. The average Bonchev–Trinajstić information content (AvgIpc) is 2.28. The predicted octanol–water partition coefficient (Wildman–Crippen LogP) is 5.80. The van der Waals surface area contributed by atoms with Gasteiger partial charge in [0.1, 0.15) is 0 Å². The Kier molecular flexibility index (Phi) is 17.0. The van der Waals surface area contributed by atoms with Crippen LogP contribution in [0.25, 0.3) is 0 Å². The van der Waals surface area contributed by atoms with Crippen LogP contribution in [0.4, 0.5) is 0 Å². The second-order valence-electron chi connectivity index (χ2n) is 5.89. The second-order valence-corrected chi connectivity index (χ2v) is 5.89. The molecule has 106 valence electrons. The molecule has 0 unspecified atom stereocenters. The van der Waals surface area contributed by atoms with Gasteiger partial charge >= 0.3 is 22.4 Å². The molecule has 0 N–H and O–H groups in total. The van der Waals surface area contributed by atoms with Crippen molar-refractivity contribution < 1.29 is 22.4 Å². The van der Waals surface area contributed by atoms with Gasteiger partial charge in [0.2, 0.25) is 0 Å². The summed E-state index contributed by atoms with van der Waals surface area (Å²) in [5.41, 5.74) is 3.45. The zero-order valence-electron chi connectivity index (χ0n) is 14.2. The SMILES string of the molecule is CC(C)(C)c1cc[c-](C(C)(C)C)c1.[CH3-].[CH3-].[CH3-].[CH3-].[Nb+5]. The van der Waals surface area contributed by atoms with Crippen molar-refractivity contribution in [3.8, 4) is 0 Å². The molecule has 0 nitrogen and oxygen atoms in total. The van der Waals surface area contributed by atoms with Crippen molar-refractivity contribution in [2.75, 3.05) is 0 Å². The number of hydrogen-bond donors (Lipinski definition) is 0. The van der Waals surface area contributed by atoms with Gasteiger partial charge in [-0.15, -0.1) is 0 Å². The second kappa shape index (κ2) is 9.95. The third-order valence-corrected chi connectivity index (χ3v) is 2.49. The van der Waals surface area contributed by atoms with Crippen molar-refractivity contribution >= 4 is 0 Å². The van der Waals surface area contributed by atoms with E-state index in [0.717, 1.165) is 0 Å². The van der Waals surface area contributed by atoms with E-state index in [1.165, 1.54) is 11.1 Å². The summed E-state index contributed by atoms with van der Waals surface area (Å²) < 4.78 is 0. The normalized spacial score (nSPS) is 9.67. The first-order valence-electron chi connectivity index (χ1n) is 4.99. The van der Waals surface area contributed by atoms with Crippen molar-refractivity contribution in [2.24, 2.45) is 0 Å². The van der Waals surface area contributed by atoms with Gasteiger partial charge in [0, 0.05) is 0 Å². The molecule has 1 aromatic rings. The minimum Gasteiger partial charge on any atom is -0.358 e. The van der Waals surface area contributed by atoms with Crippen LogP contribution in [0.3, 0.4) is 0 Å². The van der Waals surface area contributed by atoms with Crippen LogP contribution in [-0.2, 0) is 33.2 Å². The Morgan fingerprint density at radius 1 is 0.833 bits per heavy atom. The molecule has 0 spiro atoms. The maximum Gasteiger partial charge on any atom is 5.00 e. The largest absolute Gasteiger partial charge is 5.00 e. The summed E-state index contributed by atoms with van der Waals surface area (Å²) in [5, 5.41) is 0. The third-order valence-electron chi connectivity index (χ3n) is 2.49. The smallest absolute Gasteiger partial charge is 0.358 e. The van der Waals surface area contributed by atoms with Crippen LogP contribution in [0.5, 0.6) is 0 Å². The molecule has 0 aromatic heterocycles. The van der Waals surface area contributed by atoms with Gasteiger partial charge in [-0.25, -0.2) is 6.07 Å². The Balaban J connectivity index is -0.000000113. The van der Waals surface area contributed by atoms with Gasteiger partial charge in [-0.3, -0.25) is 0 Å². The minimum absolute atomic E-state index is 0. The zero-order chi connectivity index (χ0) is 10.3. The summed E-state index contributed by atoms with van der Waals surface area (Å²) in [6.45, 7) is 13.6. The van der Waals surface area contributed by atoms with Crippen LogP contribution in [0.2, 0.25) is 0 Å².